The van der Waals surface area contributed by atoms with E-state index in [1.54, 1.807) is 6.07 Å². The fourth-order valence-electron chi connectivity index (χ4n) is 7.56. The number of para-hydroxylation sites is 3. The predicted octanol–water partition coefficient (Wildman–Crippen LogP) is 10.8. The lowest BCUT2D eigenvalue weighted by Crippen LogP contribution is -2.00. The molecule has 0 aliphatic carbocycles. The van der Waals surface area contributed by atoms with Gasteiger partial charge in [-0.15, -0.1) is 0 Å². The third kappa shape index (κ3) is 4.24. The smallest absolute Gasteiger partial charge is 0.0998 e. The summed E-state index contributed by atoms with van der Waals surface area (Å²) in [6.45, 7) is 0. The lowest BCUT2D eigenvalue weighted by atomic mass is 9.89. The molecule has 7 aromatic carbocycles. The van der Waals surface area contributed by atoms with E-state index in [0.717, 1.165) is 66.5 Å². The summed E-state index contributed by atoms with van der Waals surface area (Å²) >= 11 is 0. The second-order valence-corrected chi connectivity index (χ2v) is 12.3. The van der Waals surface area contributed by atoms with Gasteiger partial charge in [0.15, 0.2) is 0 Å². The van der Waals surface area contributed by atoms with Crippen LogP contribution in [0.1, 0.15) is 16.7 Å². The number of nitriles is 3. The van der Waals surface area contributed by atoms with Crippen molar-refractivity contribution in [2.24, 2.45) is 0 Å². The third-order valence-electron chi connectivity index (χ3n) is 9.63. The van der Waals surface area contributed by atoms with Crippen molar-refractivity contribution in [3.63, 3.8) is 0 Å². The number of hydrogen-bond acceptors (Lipinski definition) is 3. The SMILES string of the molecule is N#Cc1ccc2c(c1)c1c(C#N)cccc1n2-c1ccccc1-c1c(C#N)cccc1-c1cccc(-n2c3ccccc3c3ccccc32)c1. The molecule has 50 heavy (non-hydrogen) atoms. The maximum absolute atomic E-state index is 10.6. The highest BCUT2D eigenvalue weighted by molar-refractivity contribution is 6.13. The van der Waals surface area contributed by atoms with Crippen LogP contribution in [0.2, 0.25) is 0 Å². The third-order valence-corrected chi connectivity index (χ3v) is 9.63. The van der Waals surface area contributed by atoms with Crippen molar-refractivity contribution in [2.45, 2.75) is 0 Å². The Balaban J connectivity index is 1.31. The Morgan fingerprint density at radius 1 is 0.420 bits per heavy atom. The molecule has 0 amide bonds. The van der Waals surface area contributed by atoms with Gasteiger partial charge in [-0.05, 0) is 77.9 Å². The highest BCUT2D eigenvalue weighted by Gasteiger charge is 2.22. The van der Waals surface area contributed by atoms with Gasteiger partial charge in [-0.3, -0.25) is 0 Å². The summed E-state index contributed by atoms with van der Waals surface area (Å²) in [5.41, 5.74) is 11.1. The van der Waals surface area contributed by atoms with Crippen LogP contribution < -0.4 is 0 Å². The molecular weight excluding hydrogens is 611 g/mol. The maximum atomic E-state index is 10.6. The van der Waals surface area contributed by atoms with Gasteiger partial charge >= 0.3 is 0 Å². The number of benzene rings is 7. The Morgan fingerprint density at radius 2 is 1.04 bits per heavy atom. The van der Waals surface area contributed by atoms with Gasteiger partial charge in [0.1, 0.15) is 0 Å². The molecule has 2 heterocycles. The highest BCUT2D eigenvalue weighted by atomic mass is 15.0. The number of hydrogen-bond donors (Lipinski definition) is 0. The Labute approximate surface area is 287 Å². The molecule has 0 saturated carbocycles. The van der Waals surface area contributed by atoms with E-state index in [-0.39, 0.29) is 0 Å². The summed E-state index contributed by atoms with van der Waals surface area (Å²) in [5.74, 6) is 0. The average Bonchev–Trinajstić information content (AvgIpc) is 3.70. The maximum Gasteiger partial charge on any atom is 0.0998 e. The Kier molecular flexibility index (Phi) is 6.56. The van der Waals surface area contributed by atoms with Crippen molar-refractivity contribution in [1.29, 1.82) is 15.8 Å². The first kappa shape index (κ1) is 28.8. The van der Waals surface area contributed by atoms with Gasteiger partial charge in [0.05, 0.1) is 62.7 Å². The molecule has 0 atom stereocenters. The minimum absolute atomic E-state index is 0.526. The summed E-state index contributed by atoms with van der Waals surface area (Å²) in [6.07, 6.45) is 0. The standard InChI is InChI=1S/C45H25N5/c46-26-29-22-23-42-38(24-29)45-32(28-48)12-9-21-43(45)50(42)41-20-6-3-16-37(41)44-31(27-47)11-8-17-34(44)30-10-7-13-33(25-30)49-39-18-4-1-14-35(39)36-15-2-5-19-40(36)49/h1-25H. The lowest BCUT2D eigenvalue weighted by molar-refractivity contribution is 1.18. The first-order valence-electron chi connectivity index (χ1n) is 16.3. The second kappa shape index (κ2) is 11.4. The molecular formula is C45H25N5. The monoisotopic (exact) mass is 635 g/mol. The summed E-state index contributed by atoms with van der Waals surface area (Å²) in [4.78, 5) is 0. The summed E-state index contributed by atoms with van der Waals surface area (Å²) in [6, 6.07) is 57.8. The molecule has 0 saturated heterocycles. The molecule has 5 nitrogen and oxygen atoms in total. The van der Waals surface area contributed by atoms with Gasteiger partial charge < -0.3 is 9.13 Å². The number of fused-ring (bicyclic) bond motifs is 6. The van der Waals surface area contributed by atoms with Crippen LogP contribution in [0.15, 0.2) is 152 Å². The van der Waals surface area contributed by atoms with Crippen molar-refractivity contribution < 1.29 is 0 Å². The molecule has 0 aliphatic heterocycles. The summed E-state index contributed by atoms with van der Waals surface area (Å²) in [7, 11) is 0. The fraction of sp³-hybridized carbons (Fsp3) is 0. The van der Waals surface area contributed by atoms with Crippen molar-refractivity contribution in [3.05, 3.63) is 168 Å². The molecule has 5 heteroatoms. The van der Waals surface area contributed by atoms with E-state index in [1.807, 2.05) is 54.6 Å². The zero-order valence-corrected chi connectivity index (χ0v) is 26.7. The van der Waals surface area contributed by atoms with Crippen LogP contribution in [0, 0.1) is 34.0 Å². The molecule has 2 aromatic heterocycles. The van der Waals surface area contributed by atoms with Gasteiger partial charge in [0, 0.05) is 38.4 Å². The van der Waals surface area contributed by atoms with E-state index in [4.69, 9.17) is 0 Å². The average molecular weight is 636 g/mol. The number of rotatable bonds is 4. The molecule has 230 valence electrons. The van der Waals surface area contributed by atoms with Gasteiger partial charge in [-0.25, -0.2) is 0 Å². The Morgan fingerprint density at radius 3 is 1.80 bits per heavy atom. The van der Waals surface area contributed by atoms with Gasteiger partial charge in [-0.1, -0.05) is 84.9 Å². The van der Waals surface area contributed by atoms with Crippen LogP contribution in [0.5, 0.6) is 0 Å². The second-order valence-electron chi connectivity index (χ2n) is 12.3. The first-order chi connectivity index (χ1) is 24.7. The van der Waals surface area contributed by atoms with Crippen molar-refractivity contribution in [3.8, 4) is 51.8 Å². The van der Waals surface area contributed by atoms with E-state index in [0.29, 0.717) is 16.7 Å². The first-order valence-corrected chi connectivity index (χ1v) is 16.3. The summed E-state index contributed by atoms with van der Waals surface area (Å²) < 4.78 is 4.45. The van der Waals surface area contributed by atoms with Crippen LogP contribution in [0.25, 0.3) is 77.2 Å². The van der Waals surface area contributed by atoms with Crippen LogP contribution in [-0.4, -0.2) is 9.13 Å². The van der Waals surface area contributed by atoms with Crippen LogP contribution >= 0.6 is 0 Å². The highest BCUT2D eigenvalue weighted by Crippen LogP contribution is 2.42. The molecule has 9 rings (SSSR count). The van der Waals surface area contributed by atoms with E-state index in [9.17, 15) is 15.8 Å². The Hall–Kier alpha value is -7.39. The molecule has 0 unspecified atom stereocenters. The largest absolute Gasteiger partial charge is 0.309 e. The van der Waals surface area contributed by atoms with Crippen LogP contribution in [0.4, 0.5) is 0 Å². The quantitative estimate of drug-likeness (QED) is 0.193. The molecule has 0 bridgehead atoms. The van der Waals surface area contributed by atoms with Crippen molar-refractivity contribution in [2.75, 3.05) is 0 Å². The van der Waals surface area contributed by atoms with E-state index >= 15 is 0 Å². The molecule has 0 fully saturated rings. The fourth-order valence-corrected chi connectivity index (χ4v) is 7.56. The number of nitrogens with zero attached hydrogens (tertiary/aromatic N) is 5. The number of aromatic nitrogens is 2. The molecule has 9 aromatic rings. The van der Waals surface area contributed by atoms with Crippen LogP contribution in [0.3, 0.4) is 0 Å². The van der Waals surface area contributed by atoms with Crippen molar-refractivity contribution in [1.82, 2.24) is 9.13 Å². The minimum atomic E-state index is 0.526. The molecule has 0 aliphatic rings. The predicted molar refractivity (Wildman–Crippen MR) is 200 cm³/mol. The van der Waals surface area contributed by atoms with E-state index < -0.39 is 0 Å². The van der Waals surface area contributed by atoms with E-state index in [1.165, 1.54) is 10.8 Å². The Bertz CT molecular complexity index is 2920. The van der Waals surface area contributed by atoms with Gasteiger partial charge in [0.25, 0.3) is 0 Å². The summed E-state index contributed by atoms with van der Waals surface area (Å²) in [5, 5.41) is 34.4. The van der Waals surface area contributed by atoms with Crippen LogP contribution in [-0.2, 0) is 0 Å². The molecule has 0 spiro atoms. The van der Waals surface area contributed by atoms with Gasteiger partial charge in [-0.2, -0.15) is 15.8 Å². The molecule has 0 radical (unpaired) electrons. The minimum Gasteiger partial charge on any atom is -0.309 e. The zero-order valence-electron chi connectivity index (χ0n) is 26.7. The lowest BCUT2D eigenvalue weighted by Gasteiger charge is -2.18. The van der Waals surface area contributed by atoms with E-state index in [2.05, 4.69) is 118 Å². The zero-order chi connectivity index (χ0) is 33.8. The normalized spacial score (nSPS) is 11.1. The van der Waals surface area contributed by atoms with Crippen molar-refractivity contribution >= 4 is 43.6 Å². The topological polar surface area (TPSA) is 81.2 Å². The van der Waals surface area contributed by atoms with Gasteiger partial charge in [0.2, 0.25) is 0 Å². The molecule has 0 N–H and O–H groups in total.